The van der Waals surface area contributed by atoms with Crippen LogP contribution in [0.3, 0.4) is 0 Å². The molecule has 0 aliphatic carbocycles. The Balaban J connectivity index is 1.82. The van der Waals surface area contributed by atoms with E-state index in [9.17, 15) is 4.79 Å². The van der Waals surface area contributed by atoms with E-state index >= 15 is 0 Å². The number of nitrogens with zero attached hydrogens (tertiary/aromatic N) is 4. The average Bonchev–Trinajstić information content (AvgIpc) is 3.09. The number of carbonyl (C=O) groups is 1. The highest BCUT2D eigenvalue weighted by molar-refractivity contribution is 5.92. The Morgan fingerprint density at radius 3 is 3.09 bits per heavy atom. The smallest absolute Gasteiger partial charge is 0.276 e. The highest BCUT2D eigenvalue weighted by atomic mass is 16.5. The molecule has 118 valence electrons. The molecule has 3 rings (SSSR count). The lowest BCUT2D eigenvalue weighted by atomic mass is 10.1. The lowest BCUT2D eigenvalue weighted by Gasteiger charge is -2.22. The van der Waals surface area contributed by atoms with Crippen LogP contribution in [-0.2, 0) is 17.8 Å². The summed E-state index contributed by atoms with van der Waals surface area (Å²) in [7, 11) is 0. The highest BCUT2D eigenvalue weighted by Crippen LogP contribution is 2.18. The molecular formula is C15H20N4O3. The van der Waals surface area contributed by atoms with Crippen LogP contribution in [0.15, 0.2) is 23.0 Å². The molecule has 0 fully saturated rings. The summed E-state index contributed by atoms with van der Waals surface area (Å²) >= 11 is 0. The Bertz CT molecular complexity index is 649. The number of imidazole rings is 1. The van der Waals surface area contributed by atoms with Gasteiger partial charge in [0.1, 0.15) is 11.6 Å². The van der Waals surface area contributed by atoms with Crippen molar-refractivity contribution >= 4 is 5.91 Å². The third-order valence-corrected chi connectivity index (χ3v) is 3.76. The zero-order valence-corrected chi connectivity index (χ0v) is 12.9. The fraction of sp³-hybridized carbons (Fsp3) is 0.533. The molecule has 0 saturated carbocycles. The van der Waals surface area contributed by atoms with E-state index in [2.05, 4.69) is 14.7 Å². The number of carbonyl (C=O) groups excluding carboxylic acids is 1. The molecule has 0 saturated heterocycles. The van der Waals surface area contributed by atoms with Crippen molar-refractivity contribution in [2.24, 2.45) is 5.92 Å². The topological polar surface area (TPSA) is 73.4 Å². The SMILES string of the molecule is CCOCC1CN(C(=O)c2cc(C)on2)Cc2nccn2C1. The van der Waals surface area contributed by atoms with Crippen molar-refractivity contribution < 1.29 is 14.1 Å². The lowest BCUT2D eigenvalue weighted by molar-refractivity contribution is 0.0610. The molecule has 0 spiro atoms. The summed E-state index contributed by atoms with van der Waals surface area (Å²) < 4.78 is 12.7. The molecule has 1 aliphatic rings. The molecule has 7 heteroatoms. The van der Waals surface area contributed by atoms with Crippen LogP contribution in [0.5, 0.6) is 0 Å². The van der Waals surface area contributed by atoms with Gasteiger partial charge in [0.15, 0.2) is 5.69 Å². The zero-order valence-electron chi connectivity index (χ0n) is 12.9. The molecule has 3 heterocycles. The number of rotatable bonds is 4. The molecular weight excluding hydrogens is 284 g/mol. The van der Waals surface area contributed by atoms with Gasteiger partial charge in [-0.1, -0.05) is 5.16 Å². The van der Waals surface area contributed by atoms with Crippen molar-refractivity contribution in [3.05, 3.63) is 35.7 Å². The van der Waals surface area contributed by atoms with Crippen molar-refractivity contribution in [1.82, 2.24) is 19.6 Å². The standard InChI is InChI=1S/C15H20N4O3/c1-3-21-10-12-7-18-5-4-16-14(18)9-19(8-12)15(20)13-6-11(2)22-17-13/h4-6,12H,3,7-10H2,1-2H3. The summed E-state index contributed by atoms with van der Waals surface area (Å²) in [5, 5.41) is 3.83. The van der Waals surface area contributed by atoms with Crippen molar-refractivity contribution in [2.45, 2.75) is 26.9 Å². The molecule has 1 unspecified atom stereocenters. The van der Waals surface area contributed by atoms with Crippen molar-refractivity contribution in [1.29, 1.82) is 0 Å². The number of fused-ring (bicyclic) bond motifs is 1. The molecule has 0 N–H and O–H groups in total. The summed E-state index contributed by atoms with van der Waals surface area (Å²) in [5.74, 6) is 1.61. The van der Waals surface area contributed by atoms with Gasteiger partial charge in [-0.15, -0.1) is 0 Å². The maximum atomic E-state index is 12.6. The summed E-state index contributed by atoms with van der Waals surface area (Å²) in [5.41, 5.74) is 0.340. The Hall–Kier alpha value is -2.15. The number of hydrogen-bond donors (Lipinski definition) is 0. The predicted molar refractivity (Wildman–Crippen MR) is 78.2 cm³/mol. The number of aromatic nitrogens is 3. The predicted octanol–water partition coefficient (Wildman–Crippen LogP) is 1.49. The quantitative estimate of drug-likeness (QED) is 0.855. The van der Waals surface area contributed by atoms with Gasteiger partial charge in [-0.05, 0) is 13.8 Å². The first-order valence-corrected chi connectivity index (χ1v) is 7.47. The maximum Gasteiger partial charge on any atom is 0.276 e. The van der Waals surface area contributed by atoms with E-state index < -0.39 is 0 Å². The van der Waals surface area contributed by atoms with Crippen LogP contribution in [-0.4, -0.2) is 45.3 Å². The zero-order chi connectivity index (χ0) is 15.5. The first-order chi connectivity index (χ1) is 10.7. The maximum absolute atomic E-state index is 12.6. The van der Waals surface area contributed by atoms with E-state index in [1.165, 1.54) is 0 Å². The van der Waals surface area contributed by atoms with Gasteiger partial charge in [0.05, 0.1) is 13.2 Å². The molecule has 1 atom stereocenters. The monoisotopic (exact) mass is 304 g/mol. The van der Waals surface area contributed by atoms with Crippen LogP contribution in [0.2, 0.25) is 0 Å². The van der Waals surface area contributed by atoms with Gasteiger partial charge in [-0.2, -0.15) is 0 Å². The van der Waals surface area contributed by atoms with Crippen LogP contribution in [0.4, 0.5) is 0 Å². The molecule has 22 heavy (non-hydrogen) atoms. The molecule has 2 aromatic rings. The van der Waals surface area contributed by atoms with Gasteiger partial charge in [0, 0.05) is 44.1 Å². The molecule has 0 bridgehead atoms. The minimum atomic E-state index is -0.130. The van der Waals surface area contributed by atoms with E-state index in [4.69, 9.17) is 9.26 Å². The van der Waals surface area contributed by atoms with E-state index in [1.54, 1.807) is 24.1 Å². The summed E-state index contributed by atoms with van der Waals surface area (Å²) in [6.07, 6.45) is 3.71. The van der Waals surface area contributed by atoms with Gasteiger partial charge in [-0.3, -0.25) is 4.79 Å². The average molecular weight is 304 g/mol. The van der Waals surface area contributed by atoms with Crippen LogP contribution < -0.4 is 0 Å². The van der Waals surface area contributed by atoms with Gasteiger partial charge in [0.2, 0.25) is 0 Å². The Kier molecular flexibility index (Phi) is 4.24. The summed E-state index contributed by atoms with van der Waals surface area (Å²) in [4.78, 5) is 18.8. The van der Waals surface area contributed by atoms with Crippen molar-refractivity contribution in [2.75, 3.05) is 19.8 Å². The third-order valence-electron chi connectivity index (χ3n) is 3.76. The second kappa shape index (κ2) is 6.31. The van der Waals surface area contributed by atoms with Crippen LogP contribution in [0, 0.1) is 12.8 Å². The van der Waals surface area contributed by atoms with Gasteiger partial charge in [-0.25, -0.2) is 4.98 Å². The Morgan fingerprint density at radius 1 is 1.50 bits per heavy atom. The van der Waals surface area contributed by atoms with Crippen molar-refractivity contribution in [3.63, 3.8) is 0 Å². The minimum Gasteiger partial charge on any atom is -0.381 e. The molecule has 7 nitrogen and oxygen atoms in total. The Labute approximate surface area is 128 Å². The number of ether oxygens (including phenoxy) is 1. The number of amides is 1. The summed E-state index contributed by atoms with van der Waals surface area (Å²) in [6, 6.07) is 1.66. The first-order valence-electron chi connectivity index (χ1n) is 7.47. The lowest BCUT2D eigenvalue weighted by Crippen LogP contribution is -2.35. The number of hydrogen-bond acceptors (Lipinski definition) is 5. The van der Waals surface area contributed by atoms with Gasteiger partial charge < -0.3 is 18.7 Å². The fourth-order valence-electron chi connectivity index (χ4n) is 2.71. The third kappa shape index (κ3) is 3.04. The van der Waals surface area contributed by atoms with E-state index in [1.807, 2.05) is 13.1 Å². The van der Waals surface area contributed by atoms with Crippen molar-refractivity contribution in [3.8, 4) is 0 Å². The Morgan fingerprint density at radius 2 is 2.36 bits per heavy atom. The van der Waals surface area contributed by atoms with Gasteiger partial charge in [0.25, 0.3) is 5.91 Å². The van der Waals surface area contributed by atoms with Crippen LogP contribution in [0.25, 0.3) is 0 Å². The van der Waals surface area contributed by atoms with Crippen LogP contribution >= 0.6 is 0 Å². The van der Waals surface area contributed by atoms with E-state index in [-0.39, 0.29) is 11.8 Å². The van der Waals surface area contributed by atoms with E-state index in [0.29, 0.717) is 37.8 Å². The normalized spacial score (nSPS) is 18.1. The summed E-state index contributed by atoms with van der Waals surface area (Å²) in [6.45, 7) is 6.93. The molecule has 1 aliphatic heterocycles. The second-order valence-corrected chi connectivity index (χ2v) is 5.53. The minimum absolute atomic E-state index is 0.130. The van der Waals surface area contributed by atoms with E-state index in [0.717, 1.165) is 12.4 Å². The fourth-order valence-corrected chi connectivity index (χ4v) is 2.71. The van der Waals surface area contributed by atoms with Crippen LogP contribution in [0.1, 0.15) is 29.0 Å². The molecule has 0 radical (unpaired) electrons. The molecule has 2 aromatic heterocycles. The molecule has 1 amide bonds. The number of aryl methyl sites for hydroxylation is 1. The molecule has 0 aromatic carbocycles. The first kappa shape index (κ1) is 14.8. The highest BCUT2D eigenvalue weighted by Gasteiger charge is 2.27. The van der Waals surface area contributed by atoms with Gasteiger partial charge >= 0.3 is 0 Å². The largest absolute Gasteiger partial charge is 0.381 e. The second-order valence-electron chi connectivity index (χ2n) is 5.53.